The molecule has 1 aliphatic rings. The van der Waals surface area contributed by atoms with Crippen molar-refractivity contribution in [2.75, 3.05) is 10.6 Å². The minimum absolute atomic E-state index is 0.0543. The summed E-state index contributed by atoms with van der Waals surface area (Å²) in [6.45, 7) is 6.57. The molecule has 1 aliphatic carbocycles. The molecule has 0 saturated heterocycles. The van der Waals surface area contributed by atoms with Crippen LogP contribution in [-0.4, -0.2) is 11.8 Å². The number of carbonyl (C=O) groups excluding carboxylic acids is 2. The number of carbonyl (C=O) groups is 2. The molecule has 0 saturated carbocycles. The molecule has 1 unspecified atom stereocenters. The van der Waals surface area contributed by atoms with Gasteiger partial charge >= 0.3 is 6.18 Å². The maximum absolute atomic E-state index is 13.3. The van der Waals surface area contributed by atoms with Gasteiger partial charge in [-0.1, -0.05) is 32.9 Å². The summed E-state index contributed by atoms with van der Waals surface area (Å²) in [7, 11) is 0. The molecule has 4 rings (SSSR count). The summed E-state index contributed by atoms with van der Waals surface area (Å²) in [5.41, 5.74) is 0.532. The van der Waals surface area contributed by atoms with E-state index in [1.807, 2.05) is 0 Å². The van der Waals surface area contributed by atoms with Gasteiger partial charge in [-0.3, -0.25) is 9.59 Å². The molecule has 1 atom stereocenters. The van der Waals surface area contributed by atoms with Gasteiger partial charge in [-0.05, 0) is 65.8 Å². The molecule has 180 valence electrons. The van der Waals surface area contributed by atoms with Crippen molar-refractivity contribution in [3.63, 3.8) is 0 Å². The van der Waals surface area contributed by atoms with Gasteiger partial charge in [-0.15, -0.1) is 22.7 Å². The number of anilines is 2. The Morgan fingerprint density at radius 3 is 2.44 bits per heavy atom. The number of thiophene rings is 2. The van der Waals surface area contributed by atoms with E-state index in [-0.39, 0.29) is 17.0 Å². The number of nitrogens with one attached hydrogen (secondary N) is 2. The number of fused-ring (bicyclic) bond motifs is 1. The second kappa shape index (κ2) is 9.19. The molecule has 4 nitrogen and oxygen atoms in total. The lowest BCUT2D eigenvalue weighted by molar-refractivity contribution is -0.137. The van der Waals surface area contributed by atoms with Crippen LogP contribution in [0.5, 0.6) is 0 Å². The monoisotopic (exact) mass is 506 g/mol. The lowest BCUT2D eigenvalue weighted by Gasteiger charge is -2.33. The van der Waals surface area contributed by atoms with Crippen molar-refractivity contribution >= 4 is 45.2 Å². The summed E-state index contributed by atoms with van der Waals surface area (Å²) in [5.74, 6) is -0.402. The molecule has 0 radical (unpaired) electrons. The maximum atomic E-state index is 13.3. The molecular weight excluding hydrogens is 481 g/mol. The standard InChI is InChI=1S/C25H25F3N2O2S2/c1-24(2,3)14-9-10-17-19(13-14)34-23(30-21(31)18-8-5-11-33-18)20(17)22(32)29-16-7-4-6-15(12-16)25(26,27)28/h4-8,11-12,14H,9-10,13H2,1-3H3,(H,29,32)(H,30,31). The molecular formula is C25H25F3N2O2S2. The summed E-state index contributed by atoms with van der Waals surface area (Å²) in [6, 6.07) is 8.03. The molecule has 2 heterocycles. The minimum atomic E-state index is -4.51. The van der Waals surface area contributed by atoms with Gasteiger partial charge in [0.05, 0.1) is 16.0 Å². The van der Waals surface area contributed by atoms with Crippen molar-refractivity contribution in [1.82, 2.24) is 0 Å². The Morgan fingerprint density at radius 2 is 1.79 bits per heavy atom. The summed E-state index contributed by atoms with van der Waals surface area (Å²) in [6.07, 6.45) is -2.14. The van der Waals surface area contributed by atoms with Crippen LogP contribution in [0.3, 0.4) is 0 Å². The fourth-order valence-electron chi connectivity index (χ4n) is 4.19. The minimum Gasteiger partial charge on any atom is -0.322 e. The van der Waals surface area contributed by atoms with Gasteiger partial charge in [0.25, 0.3) is 11.8 Å². The number of hydrogen-bond donors (Lipinski definition) is 2. The molecule has 2 aromatic heterocycles. The van der Waals surface area contributed by atoms with Crippen molar-refractivity contribution in [3.05, 3.63) is 68.2 Å². The zero-order valence-corrected chi connectivity index (χ0v) is 20.6. The molecule has 0 aliphatic heterocycles. The Hall–Kier alpha value is -2.65. The van der Waals surface area contributed by atoms with Gasteiger partial charge in [0.15, 0.2) is 0 Å². The van der Waals surface area contributed by atoms with Crippen LogP contribution in [0.25, 0.3) is 0 Å². The zero-order chi connectivity index (χ0) is 24.7. The highest BCUT2D eigenvalue weighted by molar-refractivity contribution is 7.17. The highest BCUT2D eigenvalue weighted by atomic mass is 32.1. The Bertz CT molecular complexity index is 1210. The topological polar surface area (TPSA) is 58.2 Å². The van der Waals surface area contributed by atoms with Crippen LogP contribution in [0.4, 0.5) is 23.9 Å². The van der Waals surface area contributed by atoms with Crippen molar-refractivity contribution in [3.8, 4) is 0 Å². The van der Waals surface area contributed by atoms with E-state index in [2.05, 4.69) is 31.4 Å². The normalized spacial score (nSPS) is 16.1. The largest absolute Gasteiger partial charge is 0.416 e. The second-order valence-electron chi connectivity index (χ2n) is 9.48. The number of rotatable bonds is 4. The molecule has 1 aromatic carbocycles. The lowest BCUT2D eigenvalue weighted by atomic mass is 9.72. The molecule has 9 heteroatoms. The van der Waals surface area contributed by atoms with E-state index in [1.165, 1.54) is 34.8 Å². The number of benzene rings is 1. The van der Waals surface area contributed by atoms with Crippen LogP contribution >= 0.6 is 22.7 Å². The molecule has 0 fully saturated rings. The lowest BCUT2D eigenvalue weighted by Crippen LogP contribution is -2.27. The third-order valence-corrected chi connectivity index (χ3v) is 8.18. The van der Waals surface area contributed by atoms with E-state index in [4.69, 9.17) is 0 Å². The van der Waals surface area contributed by atoms with Gasteiger partial charge in [-0.25, -0.2) is 0 Å². The molecule has 3 aromatic rings. The van der Waals surface area contributed by atoms with E-state index in [1.54, 1.807) is 17.5 Å². The summed E-state index contributed by atoms with van der Waals surface area (Å²) < 4.78 is 39.4. The van der Waals surface area contributed by atoms with Crippen LogP contribution in [0.15, 0.2) is 41.8 Å². The van der Waals surface area contributed by atoms with Crippen LogP contribution in [0.2, 0.25) is 0 Å². The molecule has 2 amide bonds. The number of alkyl halides is 3. The first-order chi connectivity index (χ1) is 15.9. The predicted octanol–water partition coefficient (Wildman–Crippen LogP) is 7.48. The molecule has 2 N–H and O–H groups in total. The van der Waals surface area contributed by atoms with Gasteiger partial charge < -0.3 is 10.6 Å². The second-order valence-corrected chi connectivity index (χ2v) is 11.5. The number of hydrogen-bond acceptors (Lipinski definition) is 4. The fourth-order valence-corrected chi connectivity index (χ4v) is 6.13. The maximum Gasteiger partial charge on any atom is 0.416 e. The van der Waals surface area contributed by atoms with Crippen LogP contribution < -0.4 is 10.6 Å². The van der Waals surface area contributed by atoms with Gasteiger partial charge in [0.1, 0.15) is 5.00 Å². The summed E-state index contributed by atoms with van der Waals surface area (Å²) in [5, 5.41) is 7.72. The van der Waals surface area contributed by atoms with Crippen molar-refractivity contribution < 1.29 is 22.8 Å². The van der Waals surface area contributed by atoms with E-state index in [0.29, 0.717) is 27.8 Å². The zero-order valence-electron chi connectivity index (χ0n) is 19.0. The van der Waals surface area contributed by atoms with Crippen molar-refractivity contribution in [2.45, 2.75) is 46.2 Å². The first kappa shape index (κ1) is 24.5. The van der Waals surface area contributed by atoms with E-state index in [9.17, 15) is 22.8 Å². The highest BCUT2D eigenvalue weighted by Gasteiger charge is 2.35. The Labute approximate surface area is 204 Å². The third-order valence-electron chi connectivity index (χ3n) is 6.14. The van der Waals surface area contributed by atoms with Crippen molar-refractivity contribution in [1.29, 1.82) is 0 Å². The van der Waals surface area contributed by atoms with Gasteiger partial charge in [-0.2, -0.15) is 13.2 Å². The number of amides is 2. The Balaban J connectivity index is 1.68. The van der Waals surface area contributed by atoms with E-state index < -0.39 is 17.6 Å². The average molecular weight is 507 g/mol. The van der Waals surface area contributed by atoms with Crippen LogP contribution in [0.1, 0.15) is 63.2 Å². The fraction of sp³-hybridized carbons (Fsp3) is 0.360. The predicted molar refractivity (Wildman–Crippen MR) is 131 cm³/mol. The van der Waals surface area contributed by atoms with Gasteiger partial charge in [0, 0.05) is 10.6 Å². The SMILES string of the molecule is CC(C)(C)C1CCc2c(sc(NC(=O)c3cccs3)c2C(=O)Nc2cccc(C(F)(F)F)c2)C1. The quantitative estimate of drug-likeness (QED) is 0.385. The Morgan fingerprint density at radius 1 is 1.03 bits per heavy atom. The molecule has 0 bridgehead atoms. The highest BCUT2D eigenvalue weighted by Crippen LogP contribution is 2.44. The number of halogens is 3. The molecule has 34 heavy (non-hydrogen) atoms. The molecule has 0 spiro atoms. The first-order valence-electron chi connectivity index (χ1n) is 10.9. The third kappa shape index (κ3) is 5.20. The smallest absolute Gasteiger partial charge is 0.322 e. The van der Waals surface area contributed by atoms with Crippen LogP contribution in [0, 0.1) is 11.3 Å². The van der Waals surface area contributed by atoms with Crippen molar-refractivity contribution in [2.24, 2.45) is 11.3 Å². The summed E-state index contributed by atoms with van der Waals surface area (Å²) >= 11 is 2.68. The average Bonchev–Trinajstić information content (AvgIpc) is 3.40. The van der Waals surface area contributed by atoms with E-state index in [0.717, 1.165) is 35.4 Å². The van der Waals surface area contributed by atoms with Crippen LogP contribution in [-0.2, 0) is 19.0 Å². The van der Waals surface area contributed by atoms with E-state index >= 15 is 0 Å². The summed E-state index contributed by atoms with van der Waals surface area (Å²) in [4.78, 5) is 27.7. The first-order valence-corrected chi connectivity index (χ1v) is 12.6. The Kier molecular flexibility index (Phi) is 6.61. The van der Waals surface area contributed by atoms with Gasteiger partial charge in [0.2, 0.25) is 0 Å².